The topological polar surface area (TPSA) is 88.2 Å². The molecule has 0 aromatic heterocycles. The highest BCUT2D eigenvalue weighted by Gasteiger charge is 2.45. The molecule has 0 bridgehead atoms. The van der Waals surface area contributed by atoms with Gasteiger partial charge in [-0.25, -0.2) is 0 Å². The van der Waals surface area contributed by atoms with Crippen LogP contribution in [0.1, 0.15) is 31.7 Å². The van der Waals surface area contributed by atoms with Gasteiger partial charge >= 0.3 is 0 Å². The molecule has 1 aromatic rings. The van der Waals surface area contributed by atoms with Gasteiger partial charge in [0.15, 0.2) is 5.60 Å². The van der Waals surface area contributed by atoms with Gasteiger partial charge in [0.1, 0.15) is 12.4 Å². The van der Waals surface area contributed by atoms with Gasteiger partial charge in [-0.3, -0.25) is 14.4 Å². The Morgan fingerprint density at radius 2 is 1.97 bits per heavy atom. The first-order chi connectivity index (χ1) is 14.4. The van der Waals surface area contributed by atoms with Gasteiger partial charge < -0.3 is 24.6 Å². The van der Waals surface area contributed by atoms with E-state index in [-0.39, 0.29) is 30.8 Å². The molecule has 1 spiro atoms. The summed E-state index contributed by atoms with van der Waals surface area (Å²) in [6.07, 6.45) is 3.09. The molecule has 1 saturated heterocycles. The van der Waals surface area contributed by atoms with Crippen LogP contribution >= 0.6 is 0 Å². The van der Waals surface area contributed by atoms with Crippen molar-refractivity contribution >= 4 is 17.7 Å². The van der Waals surface area contributed by atoms with Crippen LogP contribution in [0.25, 0.3) is 0 Å². The highest BCUT2D eigenvalue weighted by Crippen LogP contribution is 2.29. The molecule has 0 radical (unpaired) electrons. The second-order valence-corrected chi connectivity index (χ2v) is 7.96. The summed E-state index contributed by atoms with van der Waals surface area (Å²) in [5.41, 5.74) is 0.107. The van der Waals surface area contributed by atoms with Crippen LogP contribution in [0.5, 0.6) is 5.75 Å². The van der Waals surface area contributed by atoms with Crippen molar-refractivity contribution in [2.45, 2.75) is 38.2 Å². The van der Waals surface area contributed by atoms with Crippen molar-refractivity contribution in [3.05, 3.63) is 29.8 Å². The van der Waals surface area contributed by atoms with Crippen molar-refractivity contribution < 1.29 is 23.9 Å². The molecule has 0 aliphatic carbocycles. The van der Waals surface area contributed by atoms with E-state index >= 15 is 0 Å². The fourth-order valence-electron chi connectivity index (χ4n) is 4.02. The van der Waals surface area contributed by atoms with E-state index in [0.29, 0.717) is 32.7 Å². The molecule has 1 atom stereocenters. The second kappa shape index (κ2) is 9.93. The molecule has 1 fully saturated rings. The number of amides is 3. The summed E-state index contributed by atoms with van der Waals surface area (Å²) in [4.78, 5) is 40.3. The number of benzene rings is 1. The quantitative estimate of drug-likeness (QED) is 0.775. The average Bonchev–Trinajstić information content (AvgIpc) is 2.74. The highest BCUT2D eigenvalue weighted by atomic mass is 16.5. The van der Waals surface area contributed by atoms with E-state index < -0.39 is 5.60 Å². The van der Waals surface area contributed by atoms with Crippen molar-refractivity contribution in [1.29, 1.82) is 0 Å². The van der Waals surface area contributed by atoms with Crippen molar-refractivity contribution in [3.8, 4) is 5.75 Å². The minimum atomic E-state index is -1.06. The summed E-state index contributed by atoms with van der Waals surface area (Å²) >= 11 is 0. The Balaban J connectivity index is 1.74. The zero-order valence-corrected chi connectivity index (χ0v) is 17.8. The summed E-state index contributed by atoms with van der Waals surface area (Å²) in [6, 6.07) is 8.00. The summed E-state index contributed by atoms with van der Waals surface area (Å²) in [6.45, 7) is 3.03. The Kier molecular flexibility index (Phi) is 7.31. The summed E-state index contributed by atoms with van der Waals surface area (Å²) in [5, 5.41) is 2.54. The van der Waals surface area contributed by atoms with Crippen molar-refractivity contribution in [3.63, 3.8) is 0 Å². The maximum absolute atomic E-state index is 13.4. The van der Waals surface area contributed by atoms with Gasteiger partial charge in [-0.15, -0.1) is 0 Å². The molecule has 30 heavy (non-hydrogen) atoms. The molecule has 2 aliphatic heterocycles. The van der Waals surface area contributed by atoms with Gasteiger partial charge in [0.2, 0.25) is 11.8 Å². The number of hydrogen-bond donors (Lipinski definition) is 1. The van der Waals surface area contributed by atoms with Gasteiger partial charge in [-0.2, -0.15) is 0 Å². The van der Waals surface area contributed by atoms with E-state index in [1.807, 2.05) is 18.2 Å². The maximum atomic E-state index is 13.4. The monoisotopic (exact) mass is 417 g/mol. The smallest absolute Gasteiger partial charge is 0.256 e. The molecule has 3 rings (SSSR count). The second-order valence-electron chi connectivity index (χ2n) is 7.96. The third-order valence-electron chi connectivity index (χ3n) is 5.70. The van der Waals surface area contributed by atoms with Crippen LogP contribution in [0.4, 0.5) is 0 Å². The van der Waals surface area contributed by atoms with Crippen LogP contribution in [0, 0.1) is 0 Å². The number of carbonyl (C=O) groups excluding carboxylic acids is 3. The molecule has 1 unspecified atom stereocenters. The SMILES string of the molecule is CC(=O)NCC(=O)N1CCOC2(CCCCc3ccccc3OCCN(C)C2=O)C1. The molecule has 1 N–H and O–H groups in total. The van der Waals surface area contributed by atoms with Crippen molar-refractivity contribution in [2.75, 3.05) is 46.4 Å². The normalized spacial score (nSPS) is 23.1. The number of nitrogens with zero attached hydrogens (tertiary/aromatic N) is 2. The molecule has 164 valence electrons. The van der Waals surface area contributed by atoms with Gasteiger partial charge in [0.05, 0.1) is 26.2 Å². The molecule has 0 saturated carbocycles. The minimum absolute atomic E-state index is 0.0694. The van der Waals surface area contributed by atoms with Crippen LogP contribution in [0.15, 0.2) is 24.3 Å². The van der Waals surface area contributed by atoms with Gasteiger partial charge in [-0.05, 0) is 37.3 Å². The molecule has 8 heteroatoms. The Morgan fingerprint density at radius 1 is 1.17 bits per heavy atom. The minimum Gasteiger partial charge on any atom is -0.491 e. The number of hydrogen-bond acceptors (Lipinski definition) is 5. The fraction of sp³-hybridized carbons (Fsp3) is 0.591. The maximum Gasteiger partial charge on any atom is 0.256 e. The Labute approximate surface area is 177 Å². The third-order valence-corrected chi connectivity index (χ3v) is 5.70. The number of ether oxygens (including phenoxy) is 2. The molecular weight excluding hydrogens is 386 g/mol. The number of likely N-dealkylation sites (N-methyl/N-ethyl adjacent to an activating group) is 1. The molecule has 8 nitrogen and oxygen atoms in total. The van der Waals surface area contributed by atoms with E-state index in [1.54, 1.807) is 16.8 Å². The van der Waals surface area contributed by atoms with Gasteiger partial charge in [0, 0.05) is 20.5 Å². The van der Waals surface area contributed by atoms with Crippen LogP contribution in [0.2, 0.25) is 0 Å². The number of rotatable bonds is 2. The van der Waals surface area contributed by atoms with E-state index in [9.17, 15) is 14.4 Å². The zero-order valence-electron chi connectivity index (χ0n) is 17.8. The van der Waals surface area contributed by atoms with Crippen molar-refractivity contribution in [1.82, 2.24) is 15.1 Å². The number of aryl methyl sites for hydroxylation is 1. The number of nitrogens with one attached hydrogen (secondary N) is 1. The Hall–Kier alpha value is -2.61. The average molecular weight is 418 g/mol. The largest absolute Gasteiger partial charge is 0.491 e. The van der Waals surface area contributed by atoms with Crippen LogP contribution in [-0.2, 0) is 25.5 Å². The third kappa shape index (κ3) is 5.30. The first-order valence-electron chi connectivity index (χ1n) is 10.5. The zero-order chi connectivity index (χ0) is 21.6. The van der Waals surface area contributed by atoms with Crippen molar-refractivity contribution in [2.24, 2.45) is 0 Å². The van der Waals surface area contributed by atoms with Crippen LogP contribution in [0.3, 0.4) is 0 Å². The van der Waals surface area contributed by atoms with E-state index in [0.717, 1.165) is 30.6 Å². The Morgan fingerprint density at radius 3 is 2.77 bits per heavy atom. The molecular formula is C22H31N3O5. The lowest BCUT2D eigenvalue weighted by atomic mass is 9.91. The number of fused-ring (bicyclic) bond motifs is 1. The first-order valence-corrected chi connectivity index (χ1v) is 10.5. The molecule has 2 heterocycles. The van der Waals surface area contributed by atoms with E-state index in [2.05, 4.69) is 11.4 Å². The molecule has 1 aromatic carbocycles. The summed E-state index contributed by atoms with van der Waals surface area (Å²) in [5.74, 6) is 0.286. The van der Waals surface area contributed by atoms with E-state index in [4.69, 9.17) is 9.47 Å². The van der Waals surface area contributed by atoms with E-state index in [1.165, 1.54) is 6.92 Å². The standard InChI is InChI=1S/C22H31N3O5/c1-17(26)23-15-20(27)25-12-14-30-22(16-25)10-6-5-8-18-7-3-4-9-19(18)29-13-11-24(2)21(22)28/h3-4,7,9H,5-6,8,10-16H2,1-2H3,(H,23,26). The van der Waals surface area contributed by atoms with Gasteiger partial charge in [0.25, 0.3) is 5.91 Å². The van der Waals surface area contributed by atoms with Gasteiger partial charge in [-0.1, -0.05) is 18.2 Å². The number of para-hydroxylation sites is 1. The summed E-state index contributed by atoms with van der Waals surface area (Å²) in [7, 11) is 1.74. The lowest BCUT2D eigenvalue weighted by Gasteiger charge is -2.43. The number of carbonyl (C=O) groups is 3. The van der Waals surface area contributed by atoms with Crippen LogP contribution < -0.4 is 10.1 Å². The number of morpholine rings is 1. The Bertz CT molecular complexity index is 784. The lowest BCUT2D eigenvalue weighted by molar-refractivity contribution is -0.175. The van der Waals surface area contributed by atoms with Crippen LogP contribution in [-0.4, -0.2) is 79.6 Å². The predicted molar refractivity (Wildman–Crippen MR) is 111 cm³/mol. The predicted octanol–water partition coefficient (Wildman–Crippen LogP) is 0.984. The summed E-state index contributed by atoms with van der Waals surface area (Å²) < 4.78 is 12.0. The lowest BCUT2D eigenvalue weighted by Crippen LogP contribution is -2.62. The molecule has 2 aliphatic rings. The first kappa shape index (κ1) is 22.1. The highest BCUT2D eigenvalue weighted by molar-refractivity contribution is 5.88. The molecule has 3 amide bonds. The fourth-order valence-corrected chi connectivity index (χ4v) is 4.02.